The molecular weight excluding hydrogens is 253 g/mol. The highest BCUT2D eigenvalue weighted by molar-refractivity contribution is 9.10. The number of halogens is 2. The molecule has 13 heavy (non-hydrogen) atoms. The van der Waals surface area contributed by atoms with Crippen LogP contribution in [0.25, 0.3) is 0 Å². The van der Waals surface area contributed by atoms with Crippen molar-refractivity contribution in [1.29, 1.82) is 0 Å². The summed E-state index contributed by atoms with van der Waals surface area (Å²) in [4.78, 5) is 10.0. The van der Waals surface area contributed by atoms with Crippen molar-refractivity contribution in [2.45, 2.75) is 13.3 Å². The van der Waals surface area contributed by atoms with Gasteiger partial charge in [-0.2, -0.15) is 0 Å². The molecule has 0 aromatic carbocycles. The Morgan fingerprint density at radius 2 is 2.23 bits per heavy atom. The van der Waals surface area contributed by atoms with Crippen LogP contribution in [0.2, 0.25) is 5.15 Å². The van der Waals surface area contributed by atoms with Crippen LogP contribution in [0, 0.1) is 0 Å². The van der Waals surface area contributed by atoms with Gasteiger partial charge in [-0.05, 0) is 22.4 Å². The minimum atomic E-state index is 0.452. The van der Waals surface area contributed by atoms with Crippen molar-refractivity contribution < 1.29 is 0 Å². The number of hydrogen-bond donors (Lipinski definition) is 0. The van der Waals surface area contributed by atoms with Crippen LogP contribution in [0.4, 0.5) is 5.82 Å². The van der Waals surface area contributed by atoms with Crippen molar-refractivity contribution in [3.8, 4) is 0 Å². The van der Waals surface area contributed by atoms with Crippen molar-refractivity contribution in [2.24, 2.45) is 0 Å². The molecule has 0 saturated heterocycles. The minimum Gasteiger partial charge on any atom is -0.359 e. The molecule has 0 aliphatic heterocycles. The monoisotopic (exact) mass is 263 g/mol. The Balaban J connectivity index is 2.93. The van der Waals surface area contributed by atoms with Gasteiger partial charge in [0.05, 0.1) is 4.47 Å². The Morgan fingerprint density at radius 1 is 1.54 bits per heavy atom. The van der Waals surface area contributed by atoms with Crippen molar-refractivity contribution in [3.05, 3.63) is 16.0 Å². The summed E-state index contributed by atoms with van der Waals surface area (Å²) in [6.07, 6.45) is 2.54. The third-order valence-electron chi connectivity index (χ3n) is 1.65. The van der Waals surface area contributed by atoms with Gasteiger partial charge in [-0.1, -0.05) is 18.5 Å². The largest absolute Gasteiger partial charge is 0.359 e. The normalized spacial score (nSPS) is 10.2. The first-order chi connectivity index (χ1) is 6.16. The highest BCUT2D eigenvalue weighted by Gasteiger charge is 2.09. The van der Waals surface area contributed by atoms with E-state index in [-0.39, 0.29) is 0 Å². The van der Waals surface area contributed by atoms with Gasteiger partial charge in [-0.15, -0.1) is 0 Å². The molecule has 0 bridgehead atoms. The Kier molecular flexibility index (Phi) is 3.93. The lowest BCUT2D eigenvalue weighted by Gasteiger charge is -2.18. The summed E-state index contributed by atoms with van der Waals surface area (Å²) in [5.41, 5.74) is 0. The summed E-state index contributed by atoms with van der Waals surface area (Å²) in [5, 5.41) is 0.452. The van der Waals surface area contributed by atoms with Crippen LogP contribution in [0.15, 0.2) is 10.8 Å². The van der Waals surface area contributed by atoms with E-state index in [4.69, 9.17) is 11.6 Å². The lowest BCUT2D eigenvalue weighted by atomic mass is 10.4. The molecule has 0 amide bonds. The van der Waals surface area contributed by atoms with Gasteiger partial charge in [0.2, 0.25) is 0 Å². The van der Waals surface area contributed by atoms with Gasteiger partial charge >= 0.3 is 0 Å². The maximum atomic E-state index is 5.83. The van der Waals surface area contributed by atoms with Gasteiger partial charge in [-0.25, -0.2) is 9.97 Å². The standard InChI is InChI=1S/C8H11BrClN3/c1-3-4-13(2)8-6(9)7(10)11-5-12-8/h5H,3-4H2,1-2H3. The molecule has 0 radical (unpaired) electrons. The highest BCUT2D eigenvalue weighted by Crippen LogP contribution is 2.28. The SMILES string of the molecule is CCCN(C)c1ncnc(Cl)c1Br. The summed E-state index contributed by atoms with van der Waals surface area (Å²) >= 11 is 9.19. The number of aromatic nitrogens is 2. The van der Waals surface area contributed by atoms with Gasteiger partial charge < -0.3 is 4.90 Å². The molecular formula is C8H11BrClN3. The Bertz CT molecular complexity index is 293. The number of anilines is 1. The summed E-state index contributed by atoms with van der Waals surface area (Å²) in [6.45, 7) is 3.07. The average molecular weight is 265 g/mol. The molecule has 0 fully saturated rings. The maximum Gasteiger partial charge on any atom is 0.148 e. The van der Waals surface area contributed by atoms with Gasteiger partial charge in [0.25, 0.3) is 0 Å². The van der Waals surface area contributed by atoms with E-state index in [1.165, 1.54) is 6.33 Å². The number of hydrogen-bond acceptors (Lipinski definition) is 3. The summed E-state index contributed by atoms with van der Waals surface area (Å²) in [5.74, 6) is 0.835. The van der Waals surface area contributed by atoms with Crippen LogP contribution >= 0.6 is 27.5 Å². The van der Waals surface area contributed by atoms with Crippen LogP contribution in [0.1, 0.15) is 13.3 Å². The molecule has 5 heteroatoms. The quantitative estimate of drug-likeness (QED) is 0.786. The second kappa shape index (κ2) is 4.77. The van der Waals surface area contributed by atoms with Crippen LogP contribution < -0.4 is 4.90 Å². The minimum absolute atomic E-state index is 0.452. The first-order valence-electron chi connectivity index (χ1n) is 4.04. The van der Waals surface area contributed by atoms with E-state index < -0.39 is 0 Å². The maximum absolute atomic E-state index is 5.83. The van der Waals surface area contributed by atoms with Crippen LogP contribution in [-0.2, 0) is 0 Å². The molecule has 0 atom stereocenters. The average Bonchev–Trinajstić information content (AvgIpc) is 2.10. The second-order valence-corrected chi connectivity index (χ2v) is 3.87. The molecule has 0 N–H and O–H groups in total. The van der Waals surface area contributed by atoms with Gasteiger partial charge in [0, 0.05) is 13.6 Å². The van der Waals surface area contributed by atoms with Crippen LogP contribution in [0.3, 0.4) is 0 Å². The third-order valence-corrected chi connectivity index (χ3v) is 2.89. The number of nitrogens with zero attached hydrogens (tertiary/aromatic N) is 3. The molecule has 3 nitrogen and oxygen atoms in total. The third kappa shape index (κ3) is 2.54. The molecule has 0 aliphatic carbocycles. The molecule has 0 aliphatic rings. The topological polar surface area (TPSA) is 29.0 Å². The molecule has 1 aromatic heterocycles. The zero-order valence-electron chi connectivity index (χ0n) is 7.59. The first kappa shape index (κ1) is 10.7. The summed E-state index contributed by atoms with van der Waals surface area (Å²) in [6, 6.07) is 0. The fourth-order valence-corrected chi connectivity index (χ4v) is 1.68. The second-order valence-electron chi connectivity index (χ2n) is 2.72. The molecule has 72 valence electrons. The van der Waals surface area contributed by atoms with Crippen molar-refractivity contribution >= 4 is 33.3 Å². The lowest BCUT2D eigenvalue weighted by Crippen LogP contribution is -2.19. The first-order valence-corrected chi connectivity index (χ1v) is 5.21. The van der Waals surface area contributed by atoms with E-state index in [1.54, 1.807) is 0 Å². The fraction of sp³-hybridized carbons (Fsp3) is 0.500. The van der Waals surface area contributed by atoms with E-state index in [0.717, 1.165) is 23.3 Å². The van der Waals surface area contributed by atoms with Crippen molar-refractivity contribution in [1.82, 2.24) is 9.97 Å². The van der Waals surface area contributed by atoms with Crippen molar-refractivity contribution in [3.63, 3.8) is 0 Å². The van der Waals surface area contributed by atoms with Gasteiger partial charge in [-0.3, -0.25) is 0 Å². The van der Waals surface area contributed by atoms with E-state index in [0.29, 0.717) is 5.15 Å². The molecule has 0 unspecified atom stereocenters. The summed E-state index contributed by atoms with van der Waals surface area (Å²) in [7, 11) is 1.98. The molecule has 0 saturated carbocycles. The van der Waals surface area contributed by atoms with Gasteiger partial charge in [0.1, 0.15) is 17.3 Å². The fourth-order valence-electron chi connectivity index (χ4n) is 1.05. The lowest BCUT2D eigenvalue weighted by molar-refractivity contribution is 0.831. The predicted octanol–water partition coefficient (Wildman–Crippen LogP) is 2.74. The zero-order chi connectivity index (χ0) is 9.84. The predicted molar refractivity (Wildman–Crippen MR) is 58.3 cm³/mol. The summed E-state index contributed by atoms with van der Waals surface area (Å²) < 4.78 is 0.757. The van der Waals surface area contributed by atoms with E-state index >= 15 is 0 Å². The Morgan fingerprint density at radius 3 is 2.85 bits per heavy atom. The molecule has 1 rings (SSSR count). The van der Waals surface area contributed by atoms with E-state index in [9.17, 15) is 0 Å². The van der Waals surface area contributed by atoms with Gasteiger partial charge in [0.15, 0.2) is 0 Å². The van der Waals surface area contributed by atoms with Crippen molar-refractivity contribution in [2.75, 3.05) is 18.5 Å². The van der Waals surface area contributed by atoms with E-state index in [1.807, 2.05) is 11.9 Å². The zero-order valence-corrected chi connectivity index (χ0v) is 9.93. The Labute approximate surface area is 91.3 Å². The molecule has 1 aromatic rings. The Hall–Kier alpha value is -0.350. The highest BCUT2D eigenvalue weighted by atomic mass is 79.9. The number of rotatable bonds is 3. The smallest absolute Gasteiger partial charge is 0.148 e. The molecule has 1 heterocycles. The molecule has 0 spiro atoms. The van der Waals surface area contributed by atoms with Crippen LogP contribution in [0.5, 0.6) is 0 Å². The van der Waals surface area contributed by atoms with E-state index in [2.05, 4.69) is 32.8 Å². The van der Waals surface area contributed by atoms with Crippen LogP contribution in [-0.4, -0.2) is 23.6 Å².